The Labute approximate surface area is 121 Å². The summed E-state index contributed by atoms with van der Waals surface area (Å²) in [6, 6.07) is 0.975. The van der Waals surface area contributed by atoms with E-state index in [4.69, 9.17) is 0 Å². The molecule has 2 N–H and O–H groups in total. The fourth-order valence-electron chi connectivity index (χ4n) is 1.67. The highest BCUT2D eigenvalue weighted by Gasteiger charge is 2.23. The van der Waals surface area contributed by atoms with Gasteiger partial charge in [-0.25, -0.2) is 4.99 Å². The van der Waals surface area contributed by atoms with Gasteiger partial charge in [0, 0.05) is 19.1 Å². The number of aliphatic imine (C=N–C) groups is 1. The zero-order valence-electron chi connectivity index (χ0n) is 13.1. The van der Waals surface area contributed by atoms with Gasteiger partial charge in [-0.15, -0.1) is 10.2 Å². The van der Waals surface area contributed by atoms with Gasteiger partial charge in [0.05, 0.1) is 0 Å². The van der Waals surface area contributed by atoms with Crippen molar-refractivity contribution in [1.29, 1.82) is 0 Å². The van der Waals surface area contributed by atoms with Crippen LogP contribution < -0.4 is 10.6 Å². The Balaban J connectivity index is 2.01. The molecule has 20 heavy (non-hydrogen) atoms. The van der Waals surface area contributed by atoms with Gasteiger partial charge in [-0.2, -0.15) is 0 Å². The molecule has 6 heteroatoms. The van der Waals surface area contributed by atoms with Crippen LogP contribution in [-0.2, 0) is 13.6 Å². The summed E-state index contributed by atoms with van der Waals surface area (Å²) in [5.74, 6) is 3.25. The molecule has 0 aliphatic heterocycles. The van der Waals surface area contributed by atoms with Crippen LogP contribution >= 0.6 is 0 Å². The molecule has 1 atom stereocenters. The summed E-state index contributed by atoms with van der Waals surface area (Å²) in [6.07, 6.45) is 2.47. The first-order chi connectivity index (χ1) is 9.47. The van der Waals surface area contributed by atoms with Gasteiger partial charge in [0.2, 0.25) is 0 Å². The molecular formula is C14H26N6. The molecular weight excluding hydrogens is 252 g/mol. The lowest BCUT2D eigenvalue weighted by molar-refractivity contribution is 0.480. The van der Waals surface area contributed by atoms with E-state index in [0.717, 1.165) is 17.6 Å². The maximum Gasteiger partial charge on any atom is 0.192 e. The summed E-state index contributed by atoms with van der Waals surface area (Å²) in [7, 11) is 1.97. The van der Waals surface area contributed by atoms with Crippen LogP contribution in [0.15, 0.2) is 4.99 Å². The van der Waals surface area contributed by atoms with Crippen molar-refractivity contribution in [2.45, 2.75) is 59.2 Å². The molecule has 0 amide bonds. The van der Waals surface area contributed by atoms with Crippen molar-refractivity contribution in [1.82, 2.24) is 25.4 Å². The SMILES string of the molecule is Cc1nnc(CN=C(NC2CC2)NC(C)C(C)C)n1C. The van der Waals surface area contributed by atoms with Crippen molar-refractivity contribution in [2.75, 3.05) is 0 Å². The second-order valence-corrected chi connectivity index (χ2v) is 5.98. The van der Waals surface area contributed by atoms with Crippen LogP contribution in [0.25, 0.3) is 0 Å². The van der Waals surface area contributed by atoms with E-state index in [9.17, 15) is 0 Å². The molecule has 0 bridgehead atoms. The van der Waals surface area contributed by atoms with Gasteiger partial charge in [0.1, 0.15) is 12.4 Å². The van der Waals surface area contributed by atoms with Crippen molar-refractivity contribution >= 4 is 5.96 Å². The molecule has 0 spiro atoms. The topological polar surface area (TPSA) is 67.1 Å². The second kappa shape index (κ2) is 6.24. The zero-order chi connectivity index (χ0) is 14.7. The van der Waals surface area contributed by atoms with Crippen LogP contribution in [-0.4, -0.2) is 32.8 Å². The van der Waals surface area contributed by atoms with Crippen molar-refractivity contribution < 1.29 is 0 Å². The predicted molar refractivity (Wildman–Crippen MR) is 80.5 cm³/mol. The van der Waals surface area contributed by atoms with E-state index < -0.39 is 0 Å². The molecule has 1 aromatic rings. The predicted octanol–water partition coefficient (Wildman–Crippen LogP) is 1.37. The van der Waals surface area contributed by atoms with E-state index in [-0.39, 0.29) is 0 Å². The van der Waals surface area contributed by atoms with Crippen LogP contribution in [0.1, 0.15) is 45.3 Å². The monoisotopic (exact) mass is 278 g/mol. The van der Waals surface area contributed by atoms with E-state index in [1.807, 2.05) is 18.5 Å². The van der Waals surface area contributed by atoms with E-state index >= 15 is 0 Å². The number of hydrogen-bond acceptors (Lipinski definition) is 3. The molecule has 2 rings (SSSR count). The standard InChI is InChI=1S/C14H26N6/c1-9(2)10(3)16-14(17-12-6-7-12)15-8-13-19-18-11(4)20(13)5/h9-10,12H,6-8H2,1-5H3,(H2,15,16,17). The highest BCUT2D eigenvalue weighted by atomic mass is 15.3. The van der Waals surface area contributed by atoms with Crippen LogP contribution in [0.3, 0.4) is 0 Å². The van der Waals surface area contributed by atoms with Crippen LogP contribution in [0.5, 0.6) is 0 Å². The lowest BCUT2D eigenvalue weighted by Crippen LogP contribution is -2.45. The Kier molecular flexibility index (Phi) is 4.62. The Morgan fingerprint density at radius 3 is 2.55 bits per heavy atom. The van der Waals surface area contributed by atoms with Gasteiger partial charge >= 0.3 is 0 Å². The van der Waals surface area contributed by atoms with Crippen LogP contribution in [0.4, 0.5) is 0 Å². The first-order valence-electron chi connectivity index (χ1n) is 7.39. The minimum absolute atomic E-state index is 0.390. The van der Waals surface area contributed by atoms with Crippen molar-refractivity contribution in [2.24, 2.45) is 18.0 Å². The van der Waals surface area contributed by atoms with Crippen molar-refractivity contribution in [3.8, 4) is 0 Å². The third-order valence-corrected chi connectivity index (χ3v) is 3.84. The Morgan fingerprint density at radius 2 is 2.05 bits per heavy atom. The fourth-order valence-corrected chi connectivity index (χ4v) is 1.67. The molecule has 6 nitrogen and oxygen atoms in total. The summed E-state index contributed by atoms with van der Waals surface area (Å²) in [5, 5.41) is 15.1. The highest BCUT2D eigenvalue weighted by Crippen LogP contribution is 2.18. The normalized spacial score (nSPS) is 17.4. The number of hydrogen-bond donors (Lipinski definition) is 2. The summed E-state index contributed by atoms with van der Waals surface area (Å²) in [4.78, 5) is 4.64. The first-order valence-corrected chi connectivity index (χ1v) is 7.39. The van der Waals surface area contributed by atoms with E-state index in [2.05, 4.69) is 46.6 Å². The maximum atomic E-state index is 4.64. The summed E-state index contributed by atoms with van der Waals surface area (Å²) in [5.41, 5.74) is 0. The Hall–Kier alpha value is -1.59. The van der Waals surface area contributed by atoms with Gasteiger partial charge in [-0.05, 0) is 32.6 Å². The molecule has 1 saturated carbocycles. The van der Waals surface area contributed by atoms with Gasteiger partial charge in [-0.1, -0.05) is 13.8 Å². The van der Waals surface area contributed by atoms with Gasteiger partial charge in [0.15, 0.2) is 11.8 Å². The largest absolute Gasteiger partial charge is 0.354 e. The van der Waals surface area contributed by atoms with E-state index in [1.165, 1.54) is 12.8 Å². The average Bonchev–Trinajstić information content (AvgIpc) is 3.15. The smallest absolute Gasteiger partial charge is 0.192 e. The quantitative estimate of drug-likeness (QED) is 0.630. The lowest BCUT2D eigenvalue weighted by atomic mass is 10.1. The second-order valence-electron chi connectivity index (χ2n) is 5.98. The molecule has 1 unspecified atom stereocenters. The molecule has 0 saturated heterocycles. The Bertz CT molecular complexity index is 472. The molecule has 1 aliphatic rings. The number of guanidine groups is 1. The molecule has 1 aromatic heterocycles. The van der Waals surface area contributed by atoms with E-state index in [1.54, 1.807) is 0 Å². The number of aromatic nitrogens is 3. The molecule has 1 heterocycles. The molecule has 0 radical (unpaired) electrons. The van der Waals surface area contributed by atoms with E-state index in [0.29, 0.717) is 24.5 Å². The van der Waals surface area contributed by atoms with Crippen molar-refractivity contribution in [3.63, 3.8) is 0 Å². The fraction of sp³-hybridized carbons (Fsp3) is 0.786. The third-order valence-electron chi connectivity index (χ3n) is 3.84. The number of rotatable bonds is 5. The molecule has 0 aromatic carbocycles. The number of aryl methyl sites for hydroxylation is 1. The van der Waals surface area contributed by atoms with Crippen LogP contribution in [0, 0.1) is 12.8 Å². The van der Waals surface area contributed by atoms with Crippen molar-refractivity contribution in [3.05, 3.63) is 11.6 Å². The zero-order valence-corrected chi connectivity index (χ0v) is 13.1. The summed E-state index contributed by atoms with van der Waals surface area (Å²) in [6.45, 7) is 9.09. The number of nitrogens with zero attached hydrogens (tertiary/aromatic N) is 4. The van der Waals surface area contributed by atoms with Gasteiger partial charge in [-0.3, -0.25) is 0 Å². The third kappa shape index (κ3) is 3.95. The number of nitrogens with one attached hydrogen (secondary N) is 2. The van der Waals surface area contributed by atoms with Gasteiger partial charge in [0.25, 0.3) is 0 Å². The minimum atomic E-state index is 0.390. The average molecular weight is 278 g/mol. The molecule has 112 valence electrons. The summed E-state index contributed by atoms with van der Waals surface area (Å²) >= 11 is 0. The minimum Gasteiger partial charge on any atom is -0.354 e. The molecule has 1 aliphatic carbocycles. The first kappa shape index (κ1) is 14.8. The highest BCUT2D eigenvalue weighted by molar-refractivity contribution is 5.80. The maximum absolute atomic E-state index is 4.64. The van der Waals surface area contributed by atoms with Gasteiger partial charge < -0.3 is 15.2 Å². The van der Waals surface area contributed by atoms with Crippen LogP contribution in [0.2, 0.25) is 0 Å². The molecule has 1 fully saturated rings. The lowest BCUT2D eigenvalue weighted by Gasteiger charge is -2.21. The summed E-state index contributed by atoms with van der Waals surface area (Å²) < 4.78 is 1.98. The Morgan fingerprint density at radius 1 is 1.35 bits per heavy atom.